The Labute approximate surface area is 148 Å². The molecule has 1 aromatic carbocycles. The minimum absolute atomic E-state index is 0.387. The number of hydrogen-bond acceptors (Lipinski definition) is 4. The number of urea groups is 1. The van der Waals surface area contributed by atoms with Crippen molar-refractivity contribution < 1.29 is 19.1 Å². The molecule has 2 N–H and O–H groups in total. The SMILES string of the molecule is CCC1(CCCCCCOCc2ccccc2)C(=O)NC(=O)NC1=O. The van der Waals surface area contributed by atoms with Crippen LogP contribution < -0.4 is 10.6 Å². The summed E-state index contributed by atoms with van der Waals surface area (Å²) in [6.45, 7) is 3.11. The average Bonchev–Trinajstić information content (AvgIpc) is 2.60. The van der Waals surface area contributed by atoms with E-state index in [9.17, 15) is 14.4 Å². The third kappa shape index (κ3) is 5.13. The maximum Gasteiger partial charge on any atom is 0.328 e. The third-order valence-corrected chi connectivity index (χ3v) is 4.68. The Morgan fingerprint density at radius 2 is 1.56 bits per heavy atom. The largest absolute Gasteiger partial charge is 0.377 e. The first kappa shape index (κ1) is 19.1. The summed E-state index contributed by atoms with van der Waals surface area (Å²) in [7, 11) is 0. The molecule has 0 aliphatic carbocycles. The van der Waals surface area contributed by atoms with Gasteiger partial charge in [-0.3, -0.25) is 20.2 Å². The lowest BCUT2D eigenvalue weighted by molar-refractivity contribution is -0.145. The topological polar surface area (TPSA) is 84.5 Å². The average molecular weight is 346 g/mol. The highest BCUT2D eigenvalue weighted by atomic mass is 16.5. The monoisotopic (exact) mass is 346 g/mol. The molecule has 0 radical (unpaired) electrons. The van der Waals surface area contributed by atoms with Crippen molar-refractivity contribution in [2.75, 3.05) is 6.61 Å². The lowest BCUT2D eigenvalue weighted by atomic mass is 9.77. The van der Waals surface area contributed by atoms with Crippen molar-refractivity contribution in [2.45, 2.75) is 52.1 Å². The molecule has 1 aromatic rings. The van der Waals surface area contributed by atoms with Gasteiger partial charge in [0.2, 0.25) is 11.8 Å². The molecule has 4 amide bonds. The van der Waals surface area contributed by atoms with Crippen LogP contribution in [0.25, 0.3) is 0 Å². The van der Waals surface area contributed by atoms with Crippen LogP contribution in [0.1, 0.15) is 51.0 Å². The third-order valence-electron chi connectivity index (χ3n) is 4.68. The van der Waals surface area contributed by atoms with Gasteiger partial charge in [-0.05, 0) is 24.8 Å². The summed E-state index contributed by atoms with van der Waals surface area (Å²) in [5.74, 6) is -0.954. The molecule has 0 atom stereocenters. The molecule has 1 aliphatic heterocycles. The normalized spacial score (nSPS) is 16.4. The second-order valence-electron chi connectivity index (χ2n) is 6.38. The number of barbiturate groups is 1. The van der Waals surface area contributed by atoms with E-state index in [4.69, 9.17) is 4.74 Å². The van der Waals surface area contributed by atoms with E-state index in [1.54, 1.807) is 6.92 Å². The fourth-order valence-electron chi connectivity index (χ4n) is 3.05. The van der Waals surface area contributed by atoms with Gasteiger partial charge in [0.05, 0.1) is 6.61 Å². The summed E-state index contributed by atoms with van der Waals surface area (Å²) in [6.07, 6.45) is 4.46. The maximum absolute atomic E-state index is 12.1. The minimum Gasteiger partial charge on any atom is -0.377 e. The Morgan fingerprint density at radius 3 is 2.20 bits per heavy atom. The van der Waals surface area contributed by atoms with Crippen LogP contribution in [0.5, 0.6) is 0 Å². The quantitative estimate of drug-likeness (QED) is 0.504. The molecule has 0 saturated carbocycles. The highest BCUT2D eigenvalue weighted by Crippen LogP contribution is 2.31. The number of rotatable bonds is 10. The number of ether oxygens (including phenoxy) is 1. The second kappa shape index (κ2) is 9.32. The Hall–Kier alpha value is -2.21. The van der Waals surface area contributed by atoms with Crippen LogP contribution in [-0.4, -0.2) is 24.5 Å². The van der Waals surface area contributed by atoms with Gasteiger partial charge in [-0.15, -0.1) is 0 Å². The zero-order chi connectivity index (χ0) is 18.1. The summed E-state index contributed by atoms with van der Waals surface area (Å²) in [5.41, 5.74) is 0.0498. The molecule has 1 heterocycles. The minimum atomic E-state index is -1.11. The molecule has 0 unspecified atom stereocenters. The molecule has 1 aliphatic rings. The van der Waals surface area contributed by atoms with E-state index in [1.165, 1.54) is 0 Å². The molecular weight excluding hydrogens is 320 g/mol. The first-order valence-electron chi connectivity index (χ1n) is 8.87. The van der Waals surface area contributed by atoms with Crippen LogP contribution >= 0.6 is 0 Å². The van der Waals surface area contributed by atoms with E-state index in [1.807, 2.05) is 30.3 Å². The second-order valence-corrected chi connectivity index (χ2v) is 6.38. The molecule has 6 nitrogen and oxygen atoms in total. The van der Waals surface area contributed by atoms with Crippen LogP contribution in [0.4, 0.5) is 4.79 Å². The first-order chi connectivity index (χ1) is 12.1. The molecule has 6 heteroatoms. The predicted molar refractivity (Wildman–Crippen MR) is 93.6 cm³/mol. The molecule has 25 heavy (non-hydrogen) atoms. The number of carbonyl (C=O) groups excluding carboxylic acids is 3. The number of benzene rings is 1. The molecule has 1 fully saturated rings. The Balaban J connectivity index is 1.62. The number of nitrogens with one attached hydrogen (secondary N) is 2. The van der Waals surface area contributed by atoms with Crippen molar-refractivity contribution in [3.63, 3.8) is 0 Å². The number of unbranched alkanes of at least 4 members (excludes halogenated alkanes) is 3. The van der Waals surface area contributed by atoms with Crippen LogP contribution in [-0.2, 0) is 20.9 Å². The fourth-order valence-corrected chi connectivity index (χ4v) is 3.05. The van der Waals surface area contributed by atoms with Crippen LogP contribution in [0, 0.1) is 5.41 Å². The van der Waals surface area contributed by atoms with Gasteiger partial charge in [0.1, 0.15) is 5.41 Å². The summed E-state index contributed by atoms with van der Waals surface area (Å²) >= 11 is 0. The van der Waals surface area contributed by atoms with E-state index in [0.29, 0.717) is 26.1 Å². The molecule has 0 spiro atoms. The highest BCUT2D eigenvalue weighted by molar-refractivity contribution is 6.19. The van der Waals surface area contributed by atoms with Crippen molar-refractivity contribution in [2.24, 2.45) is 5.41 Å². The van der Waals surface area contributed by atoms with Crippen LogP contribution in [0.3, 0.4) is 0 Å². The zero-order valence-electron chi connectivity index (χ0n) is 14.7. The van der Waals surface area contributed by atoms with E-state index in [0.717, 1.165) is 31.2 Å². The first-order valence-corrected chi connectivity index (χ1v) is 8.87. The number of carbonyl (C=O) groups is 3. The van der Waals surface area contributed by atoms with Crippen molar-refractivity contribution in [1.82, 2.24) is 10.6 Å². The summed E-state index contributed by atoms with van der Waals surface area (Å²) in [6, 6.07) is 9.31. The number of imide groups is 2. The van der Waals surface area contributed by atoms with Crippen molar-refractivity contribution in [3.05, 3.63) is 35.9 Å². The van der Waals surface area contributed by atoms with Crippen molar-refractivity contribution in [1.29, 1.82) is 0 Å². The fraction of sp³-hybridized carbons (Fsp3) is 0.526. The van der Waals surface area contributed by atoms with Crippen LogP contribution in [0.15, 0.2) is 30.3 Å². The standard InChI is InChI=1S/C19H26N2O4/c1-2-19(16(22)20-18(24)21-17(19)23)12-8-3-4-9-13-25-14-15-10-6-5-7-11-15/h5-7,10-11H,2-4,8-9,12-14H2,1H3,(H2,20,21,22,23,24). The van der Waals surface area contributed by atoms with Crippen molar-refractivity contribution in [3.8, 4) is 0 Å². The summed E-state index contributed by atoms with van der Waals surface area (Å²) < 4.78 is 5.64. The lowest BCUT2D eigenvalue weighted by Crippen LogP contribution is -2.62. The van der Waals surface area contributed by atoms with E-state index < -0.39 is 23.3 Å². The van der Waals surface area contributed by atoms with Gasteiger partial charge in [-0.1, -0.05) is 56.5 Å². The van der Waals surface area contributed by atoms with Gasteiger partial charge in [0.25, 0.3) is 0 Å². The lowest BCUT2D eigenvalue weighted by Gasteiger charge is -2.33. The van der Waals surface area contributed by atoms with Gasteiger partial charge in [0.15, 0.2) is 0 Å². The van der Waals surface area contributed by atoms with E-state index >= 15 is 0 Å². The Bertz CT molecular complexity index is 581. The molecule has 136 valence electrons. The smallest absolute Gasteiger partial charge is 0.328 e. The van der Waals surface area contributed by atoms with Gasteiger partial charge in [-0.2, -0.15) is 0 Å². The zero-order valence-corrected chi connectivity index (χ0v) is 14.7. The molecule has 2 rings (SSSR count). The van der Waals surface area contributed by atoms with Gasteiger partial charge in [-0.25, -0.2) is 4.79 Å². The van der Waals surface area contributed by atoms with Gasteiger partial charge < -0.3 is 4.74 Å². The number of hydrogen-bond donors (Lipinski definition) is 2. The highest BCUT2D eigenvalue weighted by Gasteiger charge is 2.48. The Kier molecular flexibility index (Phi) is 7.13. The van der Waals surface area contributed by atoms with E-state index in [2.05, 4.69) is 10.6 Å². The maximum atomic E-state index is 12.1. The molecule has 0 bridgehead atoms. The van der Waals surface area contributed by atoms with Crippen LogP contribution in [0.2, 0.25) is 0 Å². The van der Waals surface area contributed by atoms with Crippen molar-refractivity contribution >= 4 is 17.8 Å². The predicted octanol–water partition coefficient (Wildman–Crippen LogP) is 2.92. The number of amides is 4. The molecular formula is C19H26N2O4. The van der Waals surface area contributed by atoms with Gasteiger partial charge in [0, 0.05) is 6.61 Å². The molecule has 1 saturated heterocycles. The molecule has 0 aromatic heterocycles. The summed E-state index contributed by atoms with van der Waals surface area (Å²) in [5, 5.41) is 4.41. The van der Waals surface area contributed by atoms with E-state index in [-0.39, 0.29) is 0 Å². The summed E-state index contributed by atoms with van der Waals surface area (Å²) in [4.78, 5) is 35.4. The van der Waals surface area contributed by atoms with Gasteiger partial charge >= 0.3 is 6.03 Å². The Morgan fingerprint density at radius 1 is 0.920 bits per heavy atom.